The van der Waals surface area contributed by atoms with Crippen LogP contribution in [0.5, 0.6) is 0 Å². The number of nitrogens with two attached hydrogens (primary N) is 1. The topological polar surface area (TPSA) is 51.8 Å². The fourth-order valence-corrected chi connectivity index (χ4v) is 0.832. The Morgan fingerprint density at radius 1 is 1.36 bits per heavy atom. The summed E-state index contributed by atoms with van der Waals surface area (Å²) in [4.78, 5) is 8.33. The molecule has 1 aromatic rings. The van der Waals surface area contributed by atoms with Gasteiger partial charge in [0.25, 0.3) is 0 Å². The summed E-state index contributed by atoms with van der Waals surface area (Å²) in [6.45, 7) is 2.65. The molecule has 0 bridgehead atoms. The highest BCUT2D eigenvalue weighted by atomic mass is 14.8. The first-order valence-corrected chi connectivity index (χ1v) is 3.80. The quantitative estimate of drug-likeness (QED) is 0.691. The molecular weight excluding hydrogens is 138 g/mol. The number of aryl methyl sites for hydroxylation is 2. The second-order valence-electron chi connectivity index (χ2n) is 2.54. The summed E-state index contributed by atoms with van der Waals surface area (Å²) in [5.74, 6) is 0. The van der Waals surface area contributed by atoms with E-state index in [0.717, 1.165) is 30.8 Å². The van der Waals surface area contributed by atoms with Gasteiger partial charge in [0, 0.05) is 12.4 Å². The van der Waals surface area contributed by atoms with Crippen LogP contribution in [0.2, 0.25) is 0 Å². The number of nitrogens with zero attached hydrogens (tertiary/aromatic N) is 2. The number of aromatic nitrogens is 2. The van der Waals surface area contributed by atoms with Crippen molar-refractivity contribution in [2.75, 3.05) is 6.54 Å². The highest BCUT2D eigenvalue weighted by Gasteiger charge is 1.92. The molecule has 3 nitrogen and oxygen atoms in total. The van der Waals surface area contributed by atoms with Crippen LogP contribution in [0.25, 0.3) is 0 Å². The lowest BCUT2D eigenvalue weighted by Gasteiger charge is -1.97. The van der Waals surface area contributed by atoms with Crippen LogP contribution >= 0.6 is 0 Å². The van der Waals surface area contributed by atoms with Crippen molar-refractivity contribution < 1.29 is 0 Å². The summed E-state index contributed by atoms with van der Waals surface area (Å²) < 4.78 is 0. The Bertz CT molecular complexity index is 205. The molecule has 1 aromatic heterocycles. The average Bonchev–Trinajstić information content (AvgIpc) is 2.04. The fraction of sp³-hybridized carbons (Fsp3) is 0.500. The Balaban J connectivity index is 2.52. The first-order chi connectivity index (χ1) is 5.33. The van der Waals surface area contributed by atoms with E-state index in [-0.39, 0.29) is 0 Å². The molecule has 0 saturated carbocycles. The summed E-state index contributed by atoms with van der Waals surface area (Å²) in [5, 5.41) is 0. The van der Waals surface area contributed by atoms with E-state index in [9.17, 15) is 0 Å². The molecule has 60 valence electrons. The molecule has 0 aromatic carbocycles. The molecule has 0 fully saturated rings. The second-order valence-corrected chi connectivity index (χ2v) is 2.54. The average molecular weight is 151 g/mol. The van der Waals surface area contributed by atoms with E-state index < -0.39 is 0 Å². The van der Waals surface area contributed by atoms with Gasteiger partial charge in [-0.3, -0.25) is 9.97 Å². The maximum atomic E-state index is 5.36. The molecule has 0 spiro atoms. The first kappa shape index (κ1) is 8.14. The number of hydrogen-bond donors (Lipinski definition) is 1. The Kier molecular flexibility index (Phi) is 2.98. The lowest BCUT2D eigenvalue weighted by Crippen LogP contribution is -2.01. The van der Waals surface area contributed by atoms with Crippen LogP contribution in [0.1, 0.15) is 17.8 Å². The Labute approximate surface area is 66.7 Å². The highest BCUT2D eigenvalue weighted by Crippen LogP contribution is 1.96. The normalized spacial score (nSPS) is 10.0. The predicted molar refractivity (Wildman–Crippen MR) is 44.1 cm³/mol. The summed E-state index contributed by atoms with van der Waals surface area (Å²) in [5.41, 5.74) is 7.35. The zero-order valence-corrected chi connectivity index (χ0v) is 6.75. The fourth-order valence-electron chi connectivity index (χ4n) is 0.832. The molecule has 0 unspecified atom stereocenters. The van der Waals surface area contributed by atoms with E-state index in [1.807, 2.05) is 13.1 Å². The minimum absolute atomic E-state index is 0.718. The summed E-state index contributed by atoms with van der Waals surface area (Å²) in [6, 6.07) is 0. The Hall–Kier alpha value is -0.960. The van der Waals surface area contributed by atoms with E-state index >= 15 is 0 Å². The van der Waals surface area contributed by atoms with Crippen molar-refractivity contribution in [1.29, 1.82) is 0 Å². The highest BCUT2D eigenvalue weighted by molar-refractivity contribution is 5.00. The molecule has 0 aliphatic rings. The van der Waals surface area contributed by atoms with Gasteiger partial charge in [0.2, 0.25) is 0 Å². The van der Waals surface area contributed by atoms with Gasteiger partial charge in [-0.15, -0.1) is 0 Å². The molecule has 0 saturated heterocycles. The second kappa shape index (κ2) is 4.03. The van der Waals surface area contributed by atoms with Crippen molar-refractivity contribution in [3.8, 4) is 0 Å². The lowest BCUT2D eigenvalue weighted by molar-refractivity contribution is 0.801. The smallest absolute Gasteiger partial charge is 0.0587 e. The summed E-state index contributed by atoms with van der Waals surface area (Å²) in [6.07, 6.45) is 5.51. The third-order valence-electron chi connectivity index (χ3n) is 1.47. The van der Waals surface area contributed by atoms with Crippen LogP contribution in [-0.4, -0.2) is 16.5 Å². The van der Waals surface area contributed by atoms with E-state index in [1.54, 1.807) is 6.20 Å². The van der Waals surface area contributed by atoms with Crippen molar-refractivity contribution >= 4 is 0 Å². The molecule has 3 heteroatoms. The van der Waals surface area contributed by atoms with E-state index in [0.29, 0.717) is 0 Å². The maximum absolute atomic E-state index is 5.36. The third kappa shape index (κ3) is 2.63. The van der Waals surface area contributed by atoms with Gasteiger partial charge >= 0.3 is 0 Å². The Morgan fingerprint density at radius 3 is 2.73 bits per heavy atom. The molecule has 0 atom stereocenters. The summed E-state index contributed by atoms with van der Waals surface area (Å²) in [7, 11) is 0. The standard InChI is InChI=1S/C8H13N3/c1-7-5-11-8(6-10-7)3-2-4-9/h5-6H,2-4,9H2,1H3. The molecule has 0 radical (unpaired) electrons. The third-order valence-corrected chi connectivity index (χ3v) is 1.47. The van der Waals surface area contributed by atoms with Gasteiger partial charge in [0.15, 0.2) is 0 Å². The van der Waals surface area contributed by atoms with Crippen LogP contribution < -0.4 is 5.73 Å². The van der Waals surface area contributed by atoms with Crippen LogP contribution in [0.3, 0.4) is 0 Å². The lowest BCUT2D eigenvalue weighted by atomic mass is 10.2. The van der Waals surface area contributed by atoms with Crippen LogP contribution in [0.4, 0.5) is 0 Å². The SMILES string of the molecule is Cc1cnc(CCCN)cn1. The zero-order chi connectivity index (χ0) is 8.10. The van der Waals surface area contributed by atoms with E-state index in [1.165, 1.54) is 0 Å². The minimum atomic E-state index is 0.718. The van der Waals surface area contributed by atoms with Gasteiger partial charge in [0.05, 0.1) is 11.4 Å². The number of rotatable bonds is 3. The summed E-state index contributed by atoms with van der Waals surface area (Å²) >= 11 is 0. The molecule has 11 heavy (non-hydrogen) atoms. The molecule has 0 amide bonds. The van der Waals surface area contributed by atoms with Gasteiger partial charge in [0.1, 0.15) is 0 Å². The van der Waals surface area contributed by atoms with Gasteiger partial charge in [-0.2, -0.15) is 0 Å². The largest absolute Gasteiger partial charge is 0.330 e. The van der Waals surface area contributed by atoms with E-state index in [2.05, 4.69) is 9.97 Å². The van der Waals surface area contributed by atoms with Crippen molar-refractivity contribution in [2.24, 2.45) is 5.73 Å². The maximum Gasteiger partial charge on any atom is 0.0587 e. The van der Waals surface area contributed by atoms with Crippen LogP contribution in [0.15, 0.2) is 12.4 Å². The van der Waals surface area contributed by atoms with Crippen LogP contribution in [0, 0.1) is 6.92 Å². The predicted octanol–water partition coefficient (Wildman–Crippen LogP) is 0.676. The first-order valence-electron chi connectivity index (χ1n) is 3.80. The van der Waals surface area contributed by atoms with Crippen molar-refractivity contribution in [2.45, 2.75) is 19.8 Å². The van der Waals surface area contributed by atoms with Crippen molar-refractivity contribution in [1.82, 2.24) is 9.97 Å². The monoisotopic (exact) mass is 151 g/mol. The van der Waals surface area contributed by atoms with Crippen molar-refractivity contribution in [3.05, 3.63) is 23.8 Å². The van der Waals surface area contributed by atoms with Crippen LogP contribution in [-0.2, 0) is 6.42 Å². The zero-order valence-electron chi connectivity index (χ0n) is 6.75. The van der Waals surface area contributed by atoms with Gasteiger partial charge < -0.3 is 5.73 Å². The molecule has 2 N–H and O–H groups in total. The van der Waals surface area contributed by atoms with Gasteiger partial charge in [-0.05, 0) is 26.3 Å². The Morgan fingerprint density at radius 2 is 2.18 bits per heavy atom. The molecule has 1 rings (SSSR count). The van der Waals surface area contributed by atoms with E-state index in [4.69, 9.17) is 5.73 Å². The van der Waals surface area contributed by atoms with Gasteiger partial charge in [-0.25, -0.2) is 0 Å². The number of hydrogen-bond acceptors (Lipinski definition) is 3. The molecule has 0 aliphatic carbocycles. The molecular formula is C8H13N3. The molecule has 0 aliphatic heterocycles. The van der Waals surface area contributed by atoms with Crippen molar-refractivity contribution in [3.63, 3.8) is 0 Å². The molecule has 1 heterocycles. The van der Waals surface area contributed by atoms with Gasteiger partial charge in [-0.1, -0.05) is 0 Å². The minimum Gasteiger partial charge on any atom is -0.330 e.